The summed E-state index contributed by atoms with van der Waals surface area (Å²) in [6.45, 7) is 7.40. The predicted molar refractivity (Wildman–Crippen MR) is 95.8 cm³/mol. The second-order valence-electron chi connectivity index (χ2n) is 7.04. The molecule has 0 aromatic heterocycles. The average molecular weight is 321 g/mol. The summed E-state index contributed by atoms with van der Waals surface area (Å²) in [4.78, 5) is 13.9. The number of rotatable bonds is 8. The Labute approximate surface area is 140 Å². The number of aryl methyl sites for hydroxylation is 1. The number of benzene rings is 1. The monoisotopic (exact) mass is 321 g/mol. The van der Waals surface area contributed by atoms with Crippen LogP contribution in [0.5, 0.6) is 0 Å². The Hall–Kier alpha value is -1.75. The van der Waals surface area contributed by atoms with Crippen molar-refractivity contribution in [3.05, 3.63) is 29.3 Å². The van der Waals surface area contributed by atoms with Crippen LogP contribution >= 0.6 is 0 Å². The first-order valence-corrected chi connectivity index (χ1v) is 8.14. The van der Waals surface area contributed by atoms with E-state index >= 15 is 0 Å². The van der Waals surface area contributed by atoms with Crippen molar-refractivity contribution in [3.63, 3.8) is 0 Å². The maximum Gasteiger partial charge on any atom is 0.315 e. The fraction of sp³-hybridized carbons (Fsp3) is 0.611. The van der Waals surface area contributed by atoms with E-state index in [1.807, 2.05) is 27.9 Å². The van der Waals surface area contributed by atoms with Gasteiger partial charge in [0, 0.05) is 39.5 Å². The summed E-state index contributed by atoms with van der Waals surface area (Å²) >= 11 is 0. The van der Waals surface area contributed by atoms with E-state index in [-0.39, 0.29) is 18.1 Å². The van der Waals surface area contributed by atoms with E-state index in [9.17, 15) is 9.90 Å². The van der Waals surface area contributed by atoms with Crippen molar-refractivity contribution >= 4 is 11.7 Å². The highest BCUT2D eigenvalue weighted by atomic mass is 16.3. The molecule has 0 spiro atoms. The minimum absolute atomic E-state index is 0.0799. The van der Waals surface area contributed by atoms with Gasteiger partial charge in [0.2, 0.25) is 0 Å². The number of carbonyl (C=O) groups excluding carboxylic acids is 1. The first kappa shape index (κ1) is 19.3. The zero-order valence-corrected chi connectivity index (χ0v) is 15.1. The second-order valence-corrected chi connectivity index (χ2v) is 7.04. The van der Waals surface area contributed by atoms with Gasteiger partial charge in [0.25, 0.3) is 0 Å². The third kappa shape index (κ3) is 6.91. The van der Waals surface area contributed by atoms with Crippen molar-refractivity contribution in [1.82, 2.24) is 10.6 Å². The van der Waals surface area contributed by atoms with Gasteiger partial charge in [-0.05, 0) is 48.4 Å². The molecule has 0 aliphatic rings. The molecule has 5 heteroatoms. The molecule has 23 heavy (non-hydrogen) atoms. The molecular weight excluding hydrogens is 290 g/mol. The Balaban J connectivity index is 2.34. The van der Waals surface area contributed by atoms with Gasteiger partial charge in [0.1, 0.15) is 0 Å². The van der Waals surface area contributed by atoms with Crippen LogP contribution < -0.4 is 15.5 Å². The summed E-state index contributed by atoms with van der Waals surface area (Å²) < 4.78 is 0. The molecule has 5 nitrogen and oxygen atoms in total. The van der Waals surface area contributed by atoms with Gasteiger partial charge in [0.05, 0.1) is 0 Å². The molecule has 3 N–H and O–H groups in total. The number of nitrogens with zero attached hydrogens (tertiary/aromatic N) is 1. The molecule has 130 valence electrons. The molecule has 0 heterocycles. The van der Waals surface area contributed by atoms with Gasteiger partial charge >= 0.3 is 6.03 Å². The van der Waals surface area contributed by atoms with Crippen LogP contribution in [0.15, 0.2) is 18.2 Å². The van der Waals surface area contributed by atoms with Crippen molar-refractivity contribution < 1.29 is 9.90 Å². The molecule has 0 bridgehead atoms. The van der Waals surface area contributed by atoms with Crippen LogP contribution in [0.1, 0.15) is 37.8 Å². The minimum Gasteiger partial charge on any atom is -0.396 e. The van der Waals surface area contributed by atoms with Gasteiger partial charge in [0.15, 0.2) is 0 Å². The fourth-order valence-electron chi connectivity index (χ4n) is 2.24. The number of hydrogen-bond acceptors (Lipinski definition) is 3. The summed E-state index contributed by atoms with van der Waals surface area (Å²) in [6.07, 6.45) is 1.74. The molecule has 2 amide bonds. The van der Waals surface area contributed by atoms with E-state index in [1.54, 1.807) is 0 Å². The Morgan fingerprint density at radius 3 is 2.52 bits per heavy atom. The quantitative estimate of drug-likeness (QED) is 0.645. The standard InChI is InChI=1S/C18H31N3O2/c1-14-11-16(21(4)5)8-7-15(14)12-20-17(23)19-10-6-9-18(2,3)13-22/h7-8,11,22H,6,9-10,12-13H2,1-5H3,(H2,19,20,23). The number of anilines is 1. The lowest BCUT2D eigenvalue weighted by Gasteiger charge is -2.21. The van der Waals surface area contributed by atoms with Crippen LogP contribution in [0.25, 0.3) is 0 Å². The molecule has 0 aliphatic carbocycles. The van der Waals surface area contributed by atoms with Gasteiger partial charge in [-0.3, -0.25) is 0 Å². The number of urea groups is 1. The van der Waals surface area contributed by atoms with Gasteiger partial charge in [-0.1, -0.05) is 19.9 Å². The molecule has 0 unspecified atom stereocenters. The summed E-state index contributed by atoms with van der Waals surface area (Å²) in [5, 5.41) is 14.9. The molecule has 0 aliphatic heterocycles. The second kappa shape index (κ2) is 8.77. The summed E-state index contributed by atoms with van der Waals surface area (Å²) in [5.41, 5.74) is 3.36. The minimum atomic E-state index is -0.150. The van der Waals surface area contributed by atoms with Crippen molar-refractivity contribution in [2.24, 2.45) is 5.41 Å². The lowest BCUT2D eigenvalue weighted by Crippen LogP contribution is -2.36. The normalized spacial score (nSPS) is 11.2. The van der Waals surface area contributed by atoms with Gasteiger partial charge in [-0.15, -0.1) is 0 Å². The van der Waals surface area contributed by atoms with Crippen molar-refractivity contribution in [2.45, 2.75) is 40.2 Å². The molecular formula is C18H31N3O2. The Morgan fingerprint density at radius 1 is 1.26 bits per heavy atom. The highest BCUT2D eigenvalue weighted by Gasteiger charge is 2.15. The molecule has 0 atom stereocenters. The van der Waals surface area contributed by atoms with Crippen LogP contribution in [0.3, 0.4) is 0 Å². The number of hydrogen-bond donors (Lipinski definition) is 3. The highest BCUT2D eigenvalue weighted by Crippen LogP contribution is 2.20. The van der Waals surface area contributed by atoms with E-state index in [2.05, 4.69) is 40.7 Å². The van der Waals surface area contributed by atoms with Crippen molar-refractivity contribution in [1.29, 1.82) is 0 Å². The van der Waals surface area contributed by atoms with Crippen LogP contribution in [0, 0.1) is 12.3 Å². The predicted octanol–water partition coefficient (Wildman–Crippen LogP) is 2.66. The maximum atomic E-state index is 11.8. The van der Waals surface area contributed by atoms with Gasteiger partial charge in [-0.25, -0.2) is 4.79 Å². The van der Waals surface area contributed by atoms with Crippen LogP contribution in [-0.4, -0.2) is 38.4 Å². The molecule has 1 aromatic carbocycles. The summed E-state index contributed by atoms with van der Waals surface area (Å²) in [7, 11) is 4.02. The largest absolute Gasteiger partial charge is 0.396 e. The SMILES string of the molecule is Cc1cc(N(C)C)ccc1CNC(=O)NCCCC(C)(C)CO. The number of amides is 2. The fourth-order valence-corrected chi connectivity index (χ4v) is 2.24. The van der Waals surface area contributed by atoms with E-state index in [4.69, 9.17) is 0 Å². The first-order chi connectivity index (χ1) is 10.7. The first-order valence-electron chi connectivity index (χ1n) is 8.14. The van der Waals surface area contributed by atoms with E-state index < -0.39 is 0 Å². The highest BCUT2D eigenvalue weighted by molar-refractivity contribution is 5.73. The van der Waals surface area contributed by atoms with Crippen LogP contribution in [-0.2, 0) is 6.54 Å². The summed E-state index contributed by atoms with van der Waals surface area (Å²) in [5.74, 6) is 0. The molecule has 0 fully saturated rings. The van der Waals surface area contributed by atoms with E-state index in [0.717, 1.165) is 24.1 Å². The molecule has 0 radical (unpaired) electrons. The van der Waals surface area contributed by atoms with Gasteiger partial charge in [-0.2, -0.15) is 0 Å². The van der Waals surface area contributed by atoms with E-state index in [0.29, 0.717) is 13.1 Å². The Kier molecular flexibility index (Phi) is 7.36. The van der Waals surface area contributed by atoms with Crippen LogP contribution in [0.4, 0.5) is 10.5 Å². The maximum absolute atomic E-state index is 11.8. The molecule has 0 saturated heterocycles. The number of nitrogens with one attached hydrogen (secondary N) is 2. The zero-order valence-electron chi connectivity index (χ0n) is 15.1. The zero-order chi connectivity index (χ0) is 17.5. The van der Waals surface area contributed by atoms with Crippen molar-refractivity contribution in [3.8, 4) is 0 Å². The molecule has 0 saturated carbocycles. The number of aliphatic hydroxyl groups is 1. The number of carbonyl (C=O) groups is 1. The molecule has 1 rings (SSSR count). The lowest BCUT2D eigenvalue weighted by molar-refractivity contribution is 0.148. The van der Waals surface area contributed by atoms with Gasteiger partial charge < -0.3 is 20.6 Å². The third-order valence-corrected chi connectivity index (χ3v) is 4.03. The third-order valence-electron chi connectivity index (χ3n) is 4.03. The smallest absolute Gasteiger partial charge is 0.315 e. The van der Waals surface area contributed by atoms with Crippen LogP contribution in [0.2, 0.25) is 0 Å². The summed E-state index contributed by atoms with van der Waals surface area (Å²) in [6, 6.07) is 6.07. The number of aliphatic hydroxyl groups excluding tert-OH is 1. The average Bonchev–Trinajstić information content (AvgIpc) is 2.50. The topological polar surface area (TPSA) is 64.6 Å². The Morgan fingerprint density at radius 2 is 1.96 bits per heavy atom. The lowest BCUT2D eigenvalue weighted by atomic mass is 9.89. The van der Waals surface area contributed by atoms with E-state index in [1.165, 1.54) is 5.56 Å². The molecule has 1 aromatic rings. The van der Waals surface area contributed by atoms with Crippen molar-refractivity contribution in [2.75, 3.05) is 32.1 Å². The Bertz CT molecular complexity index is 513.